The maximum Gasteiger partial charge on any atom is 0.304 e. The SMILES string of the molecule is O=C(O)CCN1CCCC1c1cccc2c1OCCO2. The molecule has 2 aliphatic heterocycles. The van der Waals surface area contributed by atoms with Crippen molar-refractivity contribution < 1.29 is 19.4 Å². The maximum absolute atomic E-state index is 10.8. The number of ether oxygens (including phenoxy) is 2. The third-order valence-electron chi connectivity index (χ3n) is 3.93. The largest absolute Gasteiger partial charge is 0.486 e. The predicted octanol–water partition coefficient (Wildman–Crippen LogP) is 2.07. The Hall–Kier alpha value is -1.75. The summed E-state index contributed by atoms with van der Waals surface area (Å²) in [4.78, 5) is 13.0. The highest BCUT2D eigenvalue weighted by Gasteiger charge is 2.30. The number of aliphatic carboxylic acids is 1. The molecule has 108 valence electrons. The van der Waals surface area contributed by atoms with Crippen LogP contribution in [0.3, 0.4) is 0 Å². The Labute approximate surface area is 118 Å². The van der Waals surface area contributed by atoms with Gasteiger partial charge in [0, 0.05) is 18.2 Å². The van der Waals surface area contributed by atoms with Crippen LogP contribution >= 0.6 is 0 Å². The van der Waals surface area contributed by atoms with Gasteiger partial charge < -0.3 is 14.6 Å². The van der Waals surface area contributed by atoms with E-state index in [0.717, 1.165) is 36.4 Å². The molecule has 5 nitrogen and oxygen atoms in total. The topological polar surface area (TPSA) is 59.0 Å². The number of rotatable bonds is 4. The van der Waals surface area contributed by atoms with Crippen LogP contribution in [0.2, 0.25) is 0 Å². The van der Waals surface area contributed by atoms with E-state index in [-0.39, 0.29) is 12.5 Å². The molecule has 0 saturated carbocycles. The van der Waals surface area contributed by atoms with Crippen LogP contribution in [-0.4, -0.2) is 42.3 Å². The molecule has 0 aromatic heterocycles. The van der Waals surface area contributed by atoms with Gasteiger partial charge in [-0.2, -0.15) is 0 Å². The van der Waals surface area contributed by atoms with E-state index in [2.05, 4.69) is 11.0 Å². The van der Waals surface area contributed by atoms with E-state index in [4.69, 9.17) is 14.6 Å². The summed E-state index contributed by atoms with van der Waals surface area (Å²) in [5, 5.41) is 8.85. The van der Waals surface area contributed by atoms with Crippen molar-refractivity contribution in [2.24, 2.45) is 0 Å². The van der Waals surface area contributed by atoms with Crippen molar-refractivity contribution in [3.63, 3.8) is 0 Å². The van der Waals surface area contributed by atoms with E-state index in [0.29, 0.717) is 19.8 Å². The smallest absolute Gasteiger partial charge is 0.304 e. The van der Waals surface area contributed by atoms with Gasteiger partial charge in [0.25, 0.3) is 0 Å². The molecule has 0 amide bonds. The van der Waals surface area contributed by atoms with Crippen LogP contribution in [0.25, 0.3) is 0 Å². The Bertz CT molecular complexity index is 503. The van der Waals surface area contributed by atoms with Crippen molar-refractivity contribution >= 4 is 5.97 Å². The summed E-state index contributed by atoms with van der Waals surface area (Å²) in [5.74, 6) is 0.898. The number of likely N-dealkylation sites (tertiary alicyclic amines) is 1. The average molecular weight is 277 g/mol. The van der Waals surface area contributed by atoms with Gasteiger partial charge in [0.15, 0.2) is 11.5 Å². The molecule has 2 aliphatic rings. The van der Waals surface area contributed by atoms with E-state index in [1.807, 2.05) is 12.1 Å². The molecule has 1 saturated heterocycles. The zero-order valence-electron chi connectivity index (χ0n) is 11.4. The fourth-order valence-electron chi connectivity index (χ4n) is 3.04. The molecule has 1 unspecified atom stereocenters. The van der Waals surface area contributed by atoms with Crippen LogP contribution < -0.4 is 9.47 Å². The summed E-state index contributed by atoms with van der Waals surface area (Å²) >= 11 is 0. The molecule has 1 fully saturated rings. The van der Waals surface area contributed by atoms with Crippen molar-refractivity contribution in [1.29, 1.82) is 0 Å². The predicted molar refractivity (Wildman–Crippen MR) is 73.2 cm³/mol. The van der Waals surface area contributed by atoms with Gasteiger partial charge in [-0.3, -0.25) is 9.69 Å². The first kappa shape index (κ1) is 13.2. The normalized spacial score (nSPS) is 21.9. The third-order valence-corrected chi connectivity index (χ3v) is 3.93. The Balaban J connectivity index is 1.82. The molecule has 0 aliphatic carbocycles. The summed E-state index contributed by atoms with van der Waals surface area (Å²) in [5.41, 5.74) is 1.13. The maximum atomic E-state index is 10.8. The molecular weight excluding hydrogens is 258 g/mol. The minimum absolute atomic E-state index is 0.183. The first-order chi connectivity index (χ1) is 9.75. The Kier molecular flexibility index (Phi) is 3.78. The van der Waals surface area contributed by atoms with Crippen molar-refractivity contribution in [3.8, 4) is 11.5 Å². The number of carbonyl (C=O) groups is 1. The number of hydrogen-bond donors (Lipinski definition) is 1. The molecule has 0 bridgehead atoms. The lowest BCUT2D eigenvalue weighted by Gasteiger charge is -2.28. The lowest BCUT2D eigenvalue weighted by molar-refractivity contribution is -0.137. The zero-order chi connectivity index (χ0) is 13.9. The summed E-state index contributed by atoms with van der Waals surface area (Å²) in [6, 6.07) is 6.22. The van der Waals surface area contributed by atoms with Crippen LogP contribution in [-0.2, 0) is 4.79 Å². The molecule has 5 heteroatoms. The number of carboxylic acid groups (broad SMARTS) is 1. The first-order valence-electron chi connectivity index (χ1n) is 7.10. The number of fused-ring (bicyclic) bond motifs is 1. The van der Waals surface area contributed by atoms with Gasteiger partial charge in [0.05, 0.1) is 6.42 Å². The first-order valence-corrected chi connectivity index (χ1v) is 7.10. The highest BCUT2D eigenvalue weighted by Crippen LogP contribution is 2.42. The molecule has 20 heavy (non-hydrogen) atoms. The second kappa shape index (κ2) is 5.71. The molecule has 1 aromatic rings. The molecule has 1 atom stereocenters. The standard InChI is InChI=1S/C15H19NO4/c17-14(18)6-8-16-7-2-4-12(16)11-3-1-5-13-15(11)20-10-9-19-13/h1,3,5,12H,2,4,6-10H2,(H,17,18). The number of hydrogen-bond acceptors (Lipinski definition) is 4. The van der Waals surface area contributed by atoms with E-state index in [9.17, 15) is 4.79 Å². The van der Waals surface area contributed by atoms with Crippen molar-refractivity contribution in [2.75, 3.05) is 26.3 Å². The second-order valence-corrected chi connectivity index (χ2v) is 5.21. The van der Waals surface area contributed by atoms with Crippen LogP contribution in [0.5, 0.6) is 11.5 Å². The lowest BCUT2D eigenvalue weighted by atomic mass is 10.0. The average Bonchev–Trinajstić information content (AvgIpc) is 2.92. The van der Waals surface area contributed by atoms with Gasteiger partial charge in [0.2, 0.25) is 0 Å². The highest BCUT2D eigenvalue weighted by molar-refractivity contribution is 5.66. The molecule has 1 N–H and O–H groups in total. The fourth-order valence-corrected chi connectivity index (χ4v) is 3.04. The number of para-hydroxylation sites is 1. The Morgan fingerprint density at radius 3 is 3.05 bits per heavy atom. The van der Waals surface area contributed by atoms with E-state index in [1.165, 1.54) is 0 Å². The Morgan fingerprint density at radius 2 is 2.20 bits per heavy atom. The number of carboxylic acids is 1. The lowest BCUT2D eigenvalue weighted by Crippen LogP contribution is -2.27. The van der Waals surface area contributed by atoms with Crippen LogP contribution in [0.15, 0.2) is 18.2 Å². The van der Waals surface area contributed by atoms with Crippen LogP contribution in [0, 0.1) is 0 Å². The van der Waals surface area contributed by atoms with E-state index < -0.39 is 5.97 Å². The minimum atomic E-state index is -0.745. The summed E-state index contributed by atoms with van der Waals surface area (Å²) in [6.45, 7) is 2.70. The summed E-state index contributed by atoms with van der Waals surface area (Å²) < 4.78 is 11.4. The summed E-state index contributed by atoms with van der Waals surface area (Å²) in [7, 11) is 0. The van der Waals surface area contributed by atoms with Crippen molar-refractivity contribution in [2.45, 2.75) is 25.3 Å². The van der Waals surface area contributed by atoms with E-state index >= 15 is 0 Å². The van der Waals surface area contributed by atoms with Gasteiger partial charge in [-0.05, 0) is 25.5 Å². The molecular formula is C15H19NO4. The zero-order valence-corrected chi connectivity index (χ0v) is 11.4. The molecule has 0 radical (unpaired) electrons. The van der Waals surface area contributed by atoms with E-state index in [1.54, 1.807) is 0 Å². The van der Waals surface area contributed by atoms with Gasteiger partial charge in [0.1, 0.15) is 13.2 Å². The summed E-state index contributed by atoms with van der Waals surface area (Å²) in [6.07, 6.45) is 2.32. The van der Waals surface area contributed by atoms with Gasteiger partial charge in [-0.15, -0.1) is 0 Å². The second-order valence-electron chi connectivity index (χ2n) is 5.21. The molecule has 2 heterocycles. The quantitative estimate of drug-likeness (QED) is 0.913. The number of benzene rings is 1. The van der Waals surface area contributed by atoms with Crippen LogP contribution in [0.4, 0.5) is 0 Å². The minimum Gasteiger partial charge on any atom is -0.486 e. The molecule has 1 aromatic carbocycles. The molecule has 0 spiro atoms. The van der Waals surface area contributed by atoms with Crippen molar-refractivity contribution in [1.82, 2.24) is 4.90 Å². The van der Waals surface area contributed by atoms with Gasteiger partial charge in [-0.1, -0.05) is 12.1 Å². The third kappa shape index (κ3) is 2.58. The van der Waals surface area contributed by atoms with Crippen molar-refractivity contribution in [3.05, 3.63) is 23.8 Å². The van der Waals surface area contributed by atoms with Crippen LogP contribution in [0.1, 0.15) is 30.9 Å². The number of nitrogens with zero attached hydrogens (tertiary/aromatic N) is 1. The fraction of sp³-hybridized carbons (Fsp3) is 0.533. The Morgan fingerprint density at radius 1 is 1.35 bits per heavy atom. The highest BCUT2D eigenvalue weighted by atomic mass is 16.6. The monoisotopic (exact) mass is 277 g/mol. The van der Waals surface area contributed by atoms with Gasteiger partial charge in [-0.25, -0.2) is 0 Å². The van der Waals surface area contributed by atoms with Gasteiger partial charge >= 0.3 is 5.97 Å². The molecule has 3 rings (SSSR count).